The molecule has 1 heterocycles. The van der Waals surface area contributed by atoms with Crippen molar-refractivity contribution in [1.82, 2.24) is 4.90 Å². The van der Waals surface area contributed by atoms with Crippen LogP contribution < -0.4 is 0 Å². The van der Waals surface area contributed by atoms with Crippen molar-refractivity contribution in [3.63, 3.8) is 0 Å². The molecule has 0 radical (unpaired) electrons. The van der Waals surface area contributed by atoms with Crippen molar-refractivity contribution in [3.05, 3.63) is 0 Å². The van der Waals surface area contributed by atoms with E-state index in [1.54, 1.807) is 0 Å². The summed E-state index contributed by atoms with van der Waals surface area (Å²) < 4.78 is 0. The summed E-state index contributed by atoms with van der Waals surface area (Å²) in [5.41, 5.74) is 0. The smallest absolute Gasteiger partial charge is 0.222 e. The second-order valence-corrected chi connectivity index (χ2v) is 5.29. The highest BCUT2D eigenvalue weighted by molar-refractivity contribution is 5.83. The molecule has 0 saturated carbocycles. The van der Waals surface area contributed by atoms with Gasteiger partial charge in [-0.3, -0.25) is 9.59 Å². The minimum absolute atomic E-state index is 0.246. The third-order valence-electron chi connectivity index (χ3n) is 3.67. The number of carbonyl (C=O) groups is 2. The molecule has 0 aromatic heterocycles. The SMILES string of the molecule is CCCCCCCCCC(=O)N1CCC(=O)CC1. The van der Waals surface area contributed by atoms with E-state index in [1.807, 2.05) is 4.90 Å². The van der Waals surface area contributed by atoms with Crippen LogP contribution in [0, 0.1) is 0 Å². The van der Waals surface area contributed by atoms with Crippen molar-refractivity contribution < 1.29 is 9.59 Å². The molecule has 1 aliphatic rings. The standard InChI is InChI=1S/C15H27NO2/c1-2-3-4-5-6-7-8-9-15(18)16-12-10-14(17)11-13-16/h2-13H2,1H3. The molecule has 1 rings (SSSR count). The maximum absolute atomic E-state index is 11.9. The predicted octanol–water partition coefficient (Wildman–Crippen LogP) is 3.32. The zero-order chi connectivity index (χ0) is 13.2. The average Bonchev–Trinajstić information content (AvgIpc) is 2.38. The van der Waals surface area contributed by atoms with Gasteiger partial charge in [-0.15, -0.1) is 0 Å². The summed E-state index contributed by atoms with van der Waals surface area (Å²) in [4.78, 5) is 24.8. The first kappa shape index (κ1) is 15.2. The van der Waals surface area contributed by atoms with Gasteiger partial charge in [-0.05, 0) is 6.42 Å². The van der Waals surface area contributed by atoms with E-state index in [0.29, 0.717) is 38.1 Å². The first-order valence-corrected chi connectivity index (χ1v) is 7.53. The minimum atomic E-state index is 0.246. The molecular formula is C15H27NO2. The number of carbonyl (C=O) groups excluding carboxylic acids is 2. The van der Waals surface area contributed by atoms with Crippen LogP contribution in [0.25, 0.3) is 0 Å². The van der Waals surface area contributed by atoms with Crippen molar-refractivity contribution in [2.45, 2.75) is 71.1 Å². The lowest BCUT2D eigenvalue weighted by molar-refractivity contribution is -0.134. The molecule has 0 aromatic carbocycles. The van der Waals surface area contributed by atoms with E-state index in [-0.39, 0.29) is 5.91 Å². The van der Waals surface area contributed by atoms with Crippen LogP contribution in [0.15, 0.2) is 0 Å². The lowest BCUT2D eigenvalue weighted by Gasteiger charge is -2.26. The van der Waals surface area contributed by atoms with Gasteiger partial charge in [0.2, 0.25) is 5.91 Å². The summed E-state index contributed by atoms with van der Waals surface area (Å²) in [6.45, 7) is 3.52. The molecule has 0 spiro atoms. The van der Waals surface area contributed by atoms with Crippen LogP contribution in [0.2, 0.25) is 0 Å². The molecule has 3 nitrogen and oxygen atoms in total. The molecule has 0 aromatic rings. The Balaban J connectivity index is 1.98. The Kier molecular flexibility index (Phi) is 7.70. The van der Waals surface area contributed by atoms with Crippen molar-refractivity contribution in [2.75, 3.05) is 13.1 Å². The van der Waals surface area contributed by atoms with Crippen LogP contribution in [0.5, 0.6) is 0 Å². The van der Waals surface area contributed by atoms with Crippen LogP contribution in [0.1, 0.15) is 71.1 Å². The highest BCUT2D eigenvalue weighted by atomic mass is 16.2. The van der Waals surface area contributed by atoms with Crippen LogP contribution in [0.4, 0.5) is 0 Å². The van der Waals surface area contributed by atoms with Gasteiger partial charge in [0.05, 0.1) is 0 Å². The third kappa shape index (κ3) is 6.18. The number of nitrogens with zero attached hydrogens (tertiary/aromatic N) is 1. The lowest BCUT2D eigenvalue weighted by atomic mass is 10.1. The Bertz CT molecular complexity index is 253. The molecule has 0 N–H and O–H groups in total. The normalized spacial score (nSPS) is 16.1. The molecule has 0 bridgehead atoms. The van der Waals surface area contributed by atoms with Gasteiger partial charge in [-0.2, -0.15) is 0 Å². The van der Waals surface area contributed by atoms with E-state index in [0.717, 1.165) is 6.42 Å². The second-order valence-electron chi connectivity index (χ2n) is 5.29. The highest BCUT2D eigenvalue weighted by Crippen LogP contribution is 2.12. The van der Waals surface area contributed by atoms with Gasteiger partial charge in [0.25, 0.3) is 0 Å². The van der Waals surface area contributed by atoms with E-state index in [2.05, 4.69) is 6.92 Å². The fourth-order valence-electron chi connectivity index (χ4n) is 2.40. The predicted molar refractivity (Wildman–Crippen MR) is 73.4 cm³/mol. The second kappa shape index (κ2) is 9.12. The van der Waals surface area contributed by atoms with E-state index >= 15 is 0 Å². The Labute approximate surface area is 111 Å². The van der Waals surface area contributed by atoms with Gasteiger partial charge in [0.1, 0.15) is 5.78 Å². The monoisotopic (exact) mass is 253 g/mol. The molecule has 18 heavy (non-hydrogen) atoms. The number of hydrogen-bond donors (Lipinski definition) is 0. The Morgan fingerprint density at radius 1 is 1.00 bits per heavy atom. The van der Waals surface area contributed by atoms with Crippen molar-refractivity contribution in [2.24, 2.45) is 0 Å². The van der Waals surface area contributed by atoms with Crippen LogP contribution in [-0.4, -0.2) is 29.7 Å². The maximum Gasteiger partial charge on any atom is 0.222 e. The summed E-state index contributed by atoms with van der Waals surface area (Å²) in [5, 5.41) is 0. The number of piperidine rings is 1. The topological polar surface area (TPSA) is 37.4 Å². The van der Waals surface area contributed by atoms with Crippen molar-refractivity contribution in [3.8, 4) is 0 Å². The highest BCUT2D eigenvalue weighted by Gasteiger charge is 2.19. The fraction of sp³-hybridized carbons (Fsp3) is 0.867. The number of ketones is 1. The van der Waals surface area contributed by atoms with Gasteiger partial charge in [-0.1, -0.05) is 45.4 Å². The molecule has 3 heteroatoms. The largest absolute Gasteiger partial charge is 0.342 e. The summed E-state index contributed by atoms with van der Waals surface area (Å²) in [6, 6.07) is 0. The molecule has 1 fully saturated rings. The first-order valence-electron chi connectivity index (χ1n) is 7.53. The van der Waals surface area contributed by atoms with Gasteiger partial charge >= 0.3 is 0 Å². The van der Waals surface area contributed by atoms with Crippen LogP contribution in [-0.2, 0) is 9.59 Å². The van der Waals surface area contributed by atoms with Crippen LogP contribution in [0.3, 0.4) is 0 Å². The number of unbranched alkanes of at least 4 members (excludes halogenated alkanes) is 6. The number of Topliss-reactive ketones (excluding diaryl/α,β-unsaturated/α-hetero) is 1. The summed E-state index contributed by atoms with van der Waals surface area (Å²) in [5.74, 6) is 0.547. The molecule has 104 valence electrons. The zero-order valence-corrected chi connectivity index (χ0v) is 11.7. The molecule has 0 atom stereocenters. The molecular weight excluding hydrogens is 226 g/mol. The van der Waals surface area contributed by atoms with Gasteiger partial charge < -0.3 is 4.90 Å². The Morgan fingerprint density at radius 3 is 2.17 bits per heavy atom. The quantitative estimate of drug-likeness (QED) is 0.622. The van der Waals surface area contributed by atoms with E-state index in [4.69, 9.17) is 0 Å². The lowest BCUT2D eigenvalue weighted by Crippen LogP contribution is -2.38. The van der Waals surface area contributed by atoms with E-state index < -0.39 is 0 Å². The third-order valence-corrected chi connectivity index (χ3v) is 3.67. The van der Waals surface area contributed by atoms with E-state index in [1.165, 1.54) is 38.5 Å². The van der Waals surface area contributed by atoms with Gasteiger partial charge in [0, 0.05) is 32.4 Å². The number of rotatable bonds is 8. The van der Waals surface area contributed by atoms with Crippen LogP contribution >= 0.6 is 0 Å². The van der Waals surface area contributed by atoms with Crippen molar-refractivity contribution in [1.29, 1.82) is 0 Å². The molecule has 1 amide bonds. The summed E-state index contributed by atoms with van der Waals surface area (Å²) in [7, 11) is 0. The number of hydrogen-bond acceptors (Lipinski definition) is 2. The maximum atomic E-state index is 11.9. The van der Waals surface area contributed by atoms with Gasteiger partial charge in [0.15, 0.2) is 0 Å². The number of likely N-dealkylation sites (tertiary alicyclic amines) is 1. The van der Waals surface area contributed by atoms with E-state index in [9.17, 15) is 9.59 Å². The number of amides is 1. The molecule has 1 aliphatic heterocycles. The fourth-order valence-corrected chi connectivity index (χ4v) is 2.40. The average molecular weight is 253 g/mol. The minimum Gasteiger partial charge on any atom is -0.342 e. The zero-order valence-electron chi connectivity index (χ0n) is 11.7. The Hall–Kier alpha value is -0.860. The molecule has 0 unspecified atom stereocenters. The summed E-state index contributed by atoms with van der Waals surface area (Å²) in [6.07, 6.45) is 10.5. The van der Waals surface area contributed by atoms with Crippen molar-refractivity contribution >= 4 is 11.7 Å². The molecule has 1 saturated heterocycles. The summed E-state index contributed by atoms with van der Waals surface area (Å²) >= 11 is 0. The van der Waals surface area contributed by atoms with Gasteiger partial charge in [-0.25, -0.2) is 0 Å². The first-order chi connectivity index (χ1) is 8.74. The molecule has 0 aliphatic carbocycles. The Morgan fingerprint density at radius 2 is 1.56 bits per heavy atom.